The summed E-state index contributed by atoms with van der Waals surface area (Å²) in [5, 5.41) is 7.51. The molecule has 0 aliphatic carbocycles. The molecule has 0 unspecified atom stereocenters. The summed E-state index contributed by atoms with van der Waals surface area (Å²) in [4.78, 5) is 0.256. The van der Waals surface area contributed by atoms with Gasteiger partial charge in [0, 0.05) is 30.5 Å². The van der Waals surface area contributed by atoms with E-state index in [0.717, 1.165) is 24.2 Å². The lowest BCUT2D eigenvalue weighted by Gasteiger charge is -2.06. The third-order valence-electron chi connectivity index (χ3n) is 3.07. The average Bonchev–Trinajstić information content (AvgIpc) is 2.94. The number of nitrogens with zero attached hydrogens (tertiary/aromatic N) is 2. The molecule has 0 spiro atoms. The van der Waals surface area contributed by atoms with Gasteiger partial charge in [-0.3, -0.25) is 4.68 Å². The van der Waals surface area contributed by atoms with E-state index in [4.69, 9.17) is 0 Å². The molecule has 0 atom stereocenters. The first-order chi connectivity index (χ1) is 10.0. The molecule has 1 heterocycles. The zero-order valence-electron chi connectivity index (χ0n) is 12.2. The third-order valence-corrected chi connectivity index (χ3v) is 4.50. The van der Waals surface area contributed by atoms with Crippen molar-refractivity contribution in [2.24, 2.45) is 0 Å². The van der Waals surface area contributed by atoms with Crippen LogP contribution in [0.25, 0.3) is 0 Å². The predicted molar refractivity (Wildman–Crippen MR) is 82.5 cm³/mol. The number of benzene rings is 1. The lowest BCUT2D eigenvalue weighted by molar-refractivity contribution is 0.588. The van der Waals surface area contributed by atoms with E-state index in [1.165, 1.54) is 7.05 Å². The van der Waals surface area contributed by atoms with Crippen LogP contribution in [0.3, 0.4) is 0 Å². The summed E-state index contributed by atoms with van der Waals surface area (Å²) in [5.41, 5.74) is 1.96. The second-order valence-electron chi connectivity index (χ2n) is 4.70. The summed E-state index contributed by atoms with van der Waals surface area (Å²) >= 11 is 0. The Balaban J connectivity index is 1.97. The van der Waals surface area contributed by atoms with Crippen molar-refractivity contribution in [3.63, 3.8) is 0 Å². The number of hydrogen-bond acceptors (Lipinski definition) is 4. The summed E-state index contributed by atoms with van der Waals surface area (Å²) < 4.78 is 27.4. The minimum atomic E-state index is -3.38. The number of aryl methyl sites for hydroxylation is 1. The van der Waals surface area contributed by atoms with Crippen LogP contribution < -0.4 is 10.0 Å². The molecule has 1 aromatic heterocycles. The van der Waals surface area contributed by atoms with Crippen LogP contribution in [0.4, 0.5) is 5.69 Å². The maximum atomic E-state index is 11.6. The Morgan fingerprint density at radius 3 is 2.57 bits per heavy atom. The van der Waals surface area contributed by atoms with Crippen LogP contribution in [0.5, 0.6) is 0 Å². The molecule has 21 heavy (non-hydrogen) atoms. The fraction of sp³-hybridized carbons (Fsp3) is 0.357. The van der Waals surface area contributed by atoms with E-state index in [1.807, 2.05) is 17.1 Å². The van der Waals surface area contributed by atoms with Gasteiger partial charge in [0.2, 0.25) is 10.0 Å². The molecule has 114 valence electrons. The maximum absolute atomic E-state index is 11.6. The molecule has 2 rings (SSSR count). The van der Waals surface area contributed by atoms with Crippen molar-refractivity contribution in [2.45, 2.75) is 31.3 Å². The minimum absolute atomic E-state index is 0.256. The molecule has 0 aliphatic heterocycles. The van der Waals surface area contributed by atoms with Gasteiger partial charge >= 0.3 is 0 Å². The van der Waals surface area contributed by atoms with Crippen LogP contribution in [0.1, 0.15) is 18.9 Å². The highest BCUT2D eigenvalue weighted by Gasteiger charge is 2.10. The first-order valence-electron chi connectivity index (χ1n) is 6.84. The number of anilines is 1. The van der Waals surface area contributed by atoms with Crippen molar-refractivity contribution in [3.05, 3.63) is 42.2 Å². The lowest BCUT2D eigenvalue weighted by Crippen LogP contribution is -2.18. The van der Waals surface area contributed by atoms with E-state index in [2.05, 4.69) is 22.1 Å². The van der Waals surface area contributed by atoms with Crippen LogP contribution in [-0.2, 0) is 23.1 Å². The van der Waals surface area contributed by atoms with Crippen LogP contribution >= 0.6 is 0 Å². The molecule has 6 nitrogen and oxygen atoms in total. The smallest absolute Gasteiger partial charge is 0.240 e. The van der Waals surface area contributed by atoms with Crippen LogP contribution in [0, 0.1) is 0 Å². The van der Waals surface area contributed by atoms with Gasteiger partial charge < -0.3 is 5.32 Å². The topological polar surface area (TPSA) is 76.0 Å². The Hall–Kier alpha value is -1.86. The van der Waals surface area contributed by atoms with E-state index in [9.17, 15) is 8.42 Å². The maximum Gasteiger partial charge on any atom is 0.240 e. The van der Waals surface area contributed by atoms with E-state index in [-0.39, 0.29) is 4.90 Å². The van der Waals surface area contributed by atoms with Gasteiger partial charge in [-0.05, 0) is 37.7 Å². The van der Waals surface area contributed by atoms with E-state index < -0.39 is 10.0 Å². The molecule has 0 fully saturated rings. The van der Waals surface area contributed by atoms with Gasteiger partial charge in [-0.1, -0.05) is 6.92 Å². The van der Waals surface area contributed by atoms with Gasteiger partial charge in [0.15, 0.2) is 0 Å². The summed E-state index contributed by atoms with van der Waals surface area (Å²) in [6.07, 6.45) is 4.90. The summed E-state index contributed by atoms with van der Waals surface area (Å²) in [5.74, 6) is 0. The molecule has 2 N–H and O–H groups in total. The SMILES string of the molecule is CCCn1cc(CNc2ccc(S(=O)(=O)NC)cc2)cn1. The molecule has 1 aromatic carbocycles. The van der Waals surface area contributed by atoms with Crippen LogP contribution in [-0.4, -0.2) is 25.2 Å². The van der Waals surface area contributed by atoms with Crippen molar-refractivity contribution < 1.29 is 8.42 Å². The van der Waals surface area contributed by atoms with Crippen molar-refractivity contribution in [1.82, 2.24) is 14.5 Å². The van der Waals surface area contributed by atoms with Crippen LogP contribution in [0.15, 0.2) is 41.6 Å². The van der Waals surface area contributed by atoms with Gasteiger partial charge in [-0.2, -0.15) is 5.10 Å². The molecule has 7 heteroatoms. The zero-order chi connectivity index (χ0) is 15.3. The number of aromatic nitrogens is 2. The number of sulfonamides is 1. The van der Waals surface area contributed by atoms with Crippen molar-refractivity contribution in [1.29, 1.82) is 0 Å². The van der Waals surface area contributed by atoms with Crippen molar-refractivity contribution >= 4 is 15.7 Å². The molecular formula is C14H20N4O2S. The van der Waals surface area contributed by atoms with E-state index >= 15 is 0 Å². The Morgan fingerprint density at radius 1 is 1.24 bits per heavy atom. The highest BCUT2D eigenvalue weighted by molar-refractivity contribution is 7.89. The summed E-state index contributed by atoms with van der Waals surface area (Å²) in [7, 11) is -1.98. The molecule has 0 radical (unpaired) electrons. The van der Waals surface area contributed by atoms with Gasteiger partial charge in [0.25, 0.3) is 0 Å². The largest absolute Gasteiger partial charge is 0.381 e. The highest BCUT2D eigenvalue weighted by Crippen LogP contribution is 2.14. The van der Waals surface area contributed by atoms with Crippen LogP contribution in [0.2, 0.25) is 0 Å². The molecule has 0 aliphatic rings. The van der Waals surface area contributed by atoms with Crippen molar-refractivity contribution in [3.8, 4) is 0 Å². The molecule has 0 saturated carbocycles. The fourth-order valence-corrected chi connectivity index (χ4v) is 2.65. The standard InChI is InChI=1S/C14H20N4O2S/c1-3-8-18-11-12(10-17-18)9-16-13-4-6-14(7-5-13)21(19,20)15-2/h4-7,10-11,15-16H,3,8-9H2,1-2H3. The quantitative estimate of drug-likeness (QED) is 0.818. The van der Waals surface area contributed by atoms with Gasteiger partial charge in [0.05, 0.1) is 11.1 Å². The zero-order valence-corrected chi connectivity index (χ0v) is 13.0. The number of hydrogen-bond donors (Lipinski definition) is 2. The Bertz CT molecular complexity index is 677. The highest BCUT2D eigenvalue weighted by atomic mass is 32.2. The summed E-state index contributed by atoms with van der Waals surface area (Å²) in [6, 6.07) is 6.66. The fourth-order valence-electron chi connectivity index (χ4n) is 1.92. The molecule has 0 amide bonds. The second kappa shape index (κ2) is 6.73. The third kappa shape index (κ3) is 4.05. The Morgan fingerprint density at radius 2 is 1.95 bits per heavy atom. The molecule has 0 saturated heterocycles. The first kappa shape index (κ1) is 15.5. The summed E-state index contributed by atoms with van der Waals surface area (Å²) in [6.45, 7) is 3.68. The minimum Gasteiger partial charge on any atom is -0.381 e. The molecular weight excluding hydrogens is 288 g/mol. The predicted octanol–water partition coefficient (Wildman–Crippen LogP) is 1.81. The van der Waals surface area contributed by atoms with Gasteiger partial charge in [-0.25, -0.2) is 13.1 Å². The van der Waals surface area contributed by atoms with E-state index in [1.54, 1.807) is 24.3 Å². The van der Waals surface area contributed by atoms with Gasteiger partial charge in [0.1, 0.15) is 0 Å². The number of nitrogens with one attached hydrogen (secondary N) is 2. The first-order valence-corrected chi connectivity index (χ1v) is 8.32. The molecule has 2 aromatic rings. The second-order valence-corrected chi connectivity index (χ2v) is 6.58. The average molecular weight is 308 g/mol. The Labute approximate surface area is 125 Å². The van der Waals surface area contributed by atoms with E-state index in [0.29, 0.717) is 6.54 Å². The van der Waals surface area contributed by atoms with Gasteiger partial charge in [-0.15, -0.1) is 0 Å². The van der Waals surface area contributed by atoms with Crippen molar-refractivity contribution in [2.75, 3.05) is 12.4 Å². The monoisotopic (exact) mass is 308 g/mol. The lowest BCUT2D eigenvalue weighted by atomic mass is 10.3. The number of rotatable bonds is 7. The normalized spacial score (nSPS) is 11.5. The molecule has 0 bridgehead atoms. The Kier molecular flexibility index (Phi) is 4.98.